The molecule has 0 bridgehead atoms. The zero-order valence-electron chi connectivity index (χ0n) is 10.0. The number of hydrogen-bond acceptors (Lipinski definition) is 4. The predicted molar refractivity (Wildman–Crippen MR) is 65.2 cm³/mol. The Bertz CT molecular complexity index is 534. The van der Waals surface area contributed by atoms with Crippen LogP contribution in [0.4, 0.5) is 0 Å². The molecule has 0 spiro atoms. The minimum Gasteiger partial charge on any atom is -0.475 e. The Labute approximate surface area is 104 Å². The number of pyridine rings is 1. The van der Waals surface area contributed by atoms with Crippen molar-refractivity contribution in [3.8, 4) is 0 Å². The van der Waals surface area contributed by atoms with Crippen LogP contribution in [0.1, 0.15) is 27.4 Å². The smallest absolute Gasteiger partial charge is 0.372 e. The Morgan fingerprint density at radius 1 is 1.50 bits per heavy atom. The minimum absolute atomic E-state index is 0.00757. The van der Waals surface area contributed by atoms with Crippen LogP contribution >= 0.6 is 0 Å². The van der Waals surface area contributed by atoms with Crippen molar-refractivity contribution in [1.29, 1.82) is 0 Å². The molecule has 0 atom stereocenters. The molecule has 5 heteroatoms. The van der Waals surface area contributed by atoms with Crippen molar-refractivity contribution in [2.75, 3.05) is 0 Å². The van der Waals surface area contributed by atoms with E-state index in [4.69, 9.17) is 9.52 Å². The van der Waals surface area contributed by atoms with Crippen LogP contribution in [0, 0.1) is 6.92 Å². The van der Waals surface area contributed by atoms with Gasteiger partial charge < -0.3 is 14.8 Å². The molecule has 0 fully saturated rings. The van der Waals surface area contributed by atoms with Gasteiger partial charge in [-0.1, -0.05) is 6.07 Å². The fourth-order valence-corrected chi connectivity index (χ4v) is 1.68. The number of hydrogen-bond donors (Lipinski definition) is 2. The molecule has 0 aliphatic heterocycles. The van der Waals surface area contributed by atoms with Crippen LogP contribution in [-0.4, -0.2) is 16.1 Å². The molecular formula is C13H14N2O3. The van der Waals surface area contributed by atoms with E-state index in [1.165, 1.54) is 0 Å². The Hall–Kier alpha value is -2.14. The number of nitrogens with zero attached hydrogens (tertiary/aromatic N) is 1. The fourth-order valence-electron chi connectivity index (χ4n) is 1.68. The van der Waals surface area contributed by atoms with Gasteiger partial charge >= 0.3 is 5.97 Å². The molecule has 0 aliphatic rings. The molecule has 0 unspecified atom stereocenters. The van der Waals surface area contributed by atoms with E-state index in [1.54, 1.807) is 25.4 Å². The molecule has 2 rings (SSSR count). The van der Waals surface area contributed by atoms with Gasteiger partial charge in [-0.25, -0.2) is 4.79 Å². The van der Waals surface area contributed by atoms with Gasteiger partial charge in [0, 0.05) is 24.5 Å². The molecule has 0 radical (unpaired) electrons. The number of carboxylic acid groups (broad SMARTS) is 1. The number of aryl methyl sites for hydroxylation is 1. The second-order valence-corrected chi connectivity index (χ2v) is 3.99. The summed E-state index contributed by atoms with van der Waals surface area (Å²) in [4.78, 5) is 14.8. The largest absolute Gasteiger partial charge is 0.475 e. The topological polar surface area (TPSA) is 75.4 Å². The average Bonchev–Trinajstić information content (AvgIpc) is 2.72. The summed E-state index contributed by atoms with van der Waals surface area (Å²) in [6, 6.07) is 5.58. The van der Waals surface area contributed by atoms with Gasteiger partial charge in [0.1, 0.15) is 5.76 Å². The van der Waals surface area contributed by atoms with Gasteiger partial charge in [-0.3, -0.25) is 4.98 Å². The number of aromatic nitrogens is 1. The number of aromatic carboxylic acids is 1. The van der Waals surface area contributed by atoms with E-state index in [9.17, 15) is 4.79 Å². The molecule has 0 saturated carbocycles. The summed E-state index contributed by atoms with van der Waals surface area (Å²) < 4.78 is 5.24. The molecule has 2 aromatic rings. The Morgan fingerprint density at radius 3 is 2.94 bits per heavy atom. The first-order valence-corrected chi connectivity index (χ1v) is 5.59. The first-order valence-electron chi connectivity index (χ1n) is 5.59. The van der Waals surface area contributed by atoms with Gasteiger partial charge in [-0.2, -0.15) is 0 Å². The summed E-state index contributed by atoms with van der Waals surface area (Å²) >= 11 is 0. The molecule has 0 aromatic carbocycles. The highest BCUT2D eigenvalue weighted by atomic mass is 16.4. The zero-order chi connectivity index (χ0) is 13.0. The Balaban J connectivity index is 1.91. The summed E-state index contributed by atoms with van der Waals surface area (Å²) in [6.07, 6.45) is 3.50. The van der Waals surface area contributed by atoms with Gasteiger partial charge in [0.15, 0.2) is 0 Å². The van der Waals surface area contributed by atoms with Gasteiger partial charge in [-0.15, -0.1) is 0 Å². The van der Waals surface area contributed by atoms with Crippen molar-refractivity contribution in [2.45, 2.75) is 20.0 Å². The van der Waals surface area contributed by atoms with Crippen molar-refractivity contribution in [3.63, 3.8) is 0 Å². The lowest BCUT2D eigenvalue weighted by atomic mass is 10.2. The number of carboxylic acids is 1. The van der Waals surface area contributed by atoms with Crippen molar-refractivity contribution in [1.82, 2.24) is 10.3 Å². The lowest BCUT2D eigenvalue weighted by Gasteiger charge is -2.01. The van der Waals surface area contributed by atoms with Crippen LogP contribution in [0.2, 0.25) is 0 Å². The van der Waals surface area contributed by atoms with Crippen molar-refractivity contribution >= 4 is 5.97 Å². The fraction of sp³-hybridized carbons (Fsp3) is 0.231. The molecule has 94 valence electrons. The van der Waals surface area contributed by atoms with Crippen molar-refractivity contribution in [2.24, 2.45) is 0 Å². The van der Waals surface area contributed by atoms with Crippen LogP contribution in [0.15, 0.2) is 35.0 Å². The molecule has 0 amide bonds. The van der Waals surface area contributed by atoms with Gasteiger partial charge in [0.25, 0.3) is 0 Å². The summed E-state index contributed by atoms with van der Waals surface area (Å²) in [5, 5.41) is 12.0. The first-order chi connectivity index (χ1) is 8.66. The van der Waals surface area contributed by atoms with E-state index >= 15 is 0 Å². The SMILES string of the molecule is Cc1cc(CNCc2cccnc2)oc1C(=O)O. The lowest BCUT2D eigenvalue weighted by molar-refractivity contribution is 0.0659. The van der Waals surface area contributed by atoms with Crippen molar-refractivity contribution < 1.29 is 14.3 Å². The minimum atomic E-state index is -1.04. The Kier molecular flexibility index (Phi) is 3.74. The second-order valence-electron chi connectivity index (χ2n) is 3.99. The van der Waals surface area contributed by atoms with E-state index in [0.717, 1.165) is 5.56 Å². The average molecular weight is 246 g/mol. The first kappa shape index (κ1) is 12.3. The maximum absolute atomic E-state index is 10.8. The maximum atomic E-state index is 10.8. The summed E-state index contributed by atoms with van der Waals surface area (Å²) in [5.74, 6) is -0.409. The van der Waals surface area contributed by atoms with Crippen LogP contribution in [0.5, 0.6) is 0 Å². The number of rotatable bonds is 5. The van der Waals surface area contributed by atoms with Gasteiger partial charge in [0.05, 0.1) is 6.54 Å². The monoisotopic (exact) mass is 246 g/mol. The quantitative estimate of drug-likeness (QED) is 0.843. The number of furan rings is 1. The summed E-state index contributed by atoms with van der Waals surface area (Å²) in [5.41, 5.74) is 1.71. The van der Waals surface area contributed by atoms with Crippen molar-refractivity contribution in [3.05, 3.63) is 53.2 Å². The van der Waals surface area contributed by atoms with E-state index < -0.39 is 5.97 Å². The molecule has 5 nitrogen and oxygen atoms in total. The third kappa shape index (κ3) is 2.95. The normalized spacial score (nSPS) is 10.5. The van der Waals surface area contributed by atoms with E-state index in [2.05, 4.69) is 10.3 Å². The highest BCUT2D eigenvalue weighted by molar-refractivity contribution is 5.86. The van der Waals surface area contributed by atoms with Gasteiger partial charge in [-0.05, 0) is 24.6 Å². The van der Waals surface area contributed by atoms with E-state index in [1.807, 2.05) is 12.1 Å². The van der Waals surface area contributed by atoms with E-state index in [0.29, 0.717) is 24.4 Å². The molecule has 2 heterocycles. The predicted octanol–water partition coefficient (Wildman–Crippen LogP) is 1.97. The van der Waals surface area contributed by atoms with Gasteiger partial charge in [0.2, 0.25) is 5.76 Å². The van der Waals surface area contributed by atoms with Crippen LogP contribution in [-0.2, 0) is 13.1 Å². The third-order valence-corrected chi connectivity index (χ3v) is 2.51. The molecular weight excluding hydrogens is 232 g/mol. The maximum Gasteiger partial charge on any atom is 0.372 e. The van der Waals surface area contributed by atoms with Crippen LogP contribution in [0.3, 0.4) is 0 Å². The zero-order valence-corrected chi connectivity index (χ0v) is 10.0. The third-order valence-electron chi connectivity index (χ3n) is 2.51. The molecule has 18 heavy (non-hydrogen) atoms. The lowest BCUT2D eigenvalue weighted by Crippen LogP contribution is -2.12. The van der Waals surface area contributed by atoms with E-state index in [-0.39, 0.29) is 5.76 Å². The Morgan fingerprint density at radius 2 is 2.33 bits per heavy atom. The molecule has 2 aromatic heterocycles. The summed E-state index contributed by atoms with van der Waals surface area (Å²) in [7, 11) is 0. The summed E-state index contributed by atoms with van der Waals surface area (Å²) in [6.45, 7) is 2.87. The number of nitrogens with one attached hydrogen (secondary N) is 1. The highest BCUT2D eigenvalue weighted by Gasteiger charge is 2.13. The highest BCUT2D eigenvalue weighted by Crippen LogP contribution is 2.14. The van der Waals surface area contributed by atoms with Crippen LogP contribution < -0.4 is 5.32 Å². The second kappa shape index (κ2) is 5.46. The van der Waals surface area contributed by atoms with Crippen LogP contribution in [0.25, 0.3) is 0 Å². The molecule has 0 saturated heterocycles. The molecule has 2 N–H and O–H groups in total. The molecule has 0 aliphatic carbocycles. The number of carbonyl (C=O) groups is 1. The standard InChI is InChI=1S/C13H14N2O3/c1-9-5-11(18-12(9)13(16)17)8-15-7-10-3-2-4-14-6-10/h2-6,15H,7-8H2,1H3,(H,16,17).